The first-order valence-corrected chi connectivity index (χ1v) is 9.70. The largest absolute Gasteiger partial charge is 0.276 e. The molecule has 0 aliphatic heterocycles. The lowest BCUT2D eigenvalue weighted by molar-refractivity contribution is -0.394. The van der Waals surface area contributed by atoms with Crippen molar-refractivity contribution >= 4 is 47.6 Å². The van der Waals surface area contributed by atoms with Crippen LogP contribution in [0, 0.1) is 40.5 Å². The van der Waals surface area contributed by atoms with Crippen molar-refractivity contribution < 1.29 is 19.7 Å². The monoisotopic (exact) mass is 566 g/mol. The second kappa shape index (κ2) is 20.1. The predicted molar refractivity (Wildman–Crippen MR) is 142 cm³/mol. The van der Waals surface area contributed by atoms with Crippen molar-refractivity contribution in [1.29, 1.82) is 0 Å². The summed E-state index contributed by atoms with van der Waals surface area (Å²) in [5, 5.41) is 40.6. The van der Waals surface area contributed by atoms with Crippen LogP contribution >= 0.6 is 24.8 Å². The smallest absolute Gasteiger partial charge is 0.265 e. The molecule has 0 unspecified atom stereocenters. The van der Waals surface area contributed by atoms with Gasteiger partial charge in [0, 0.05) is 49.1 Å². The van der Waals surface area contributed by atoms with Gasteiger partial charge in [0.05, 0.1) is 31.8 Å². The Morgan fingerprint density at radius 1 is 0.421 bits per heavy atom. The molecule has 2 aromatic heterocycles. The van der Waals surface area contributed by atoms with E-state index in [0.717, 1.165) is 12.1 Å². The molecule has 2 aromatic carbocycles. The van der Waals surface area contributed by atoms with Crippen LogP contribution in [0.4, 0.5) is 22.7 Å². The van der Waals surface area contributed by atoms with Crippen LogP contribution in [0.25, 0.3) is 0 Å². The van der Waals surface area contributed by atoms with Gasteiger partial charge in [0.15, 0.2) is 0 Å². The second-order valence-electron chi connectivity index (χ2n) is 6.12. The summed E-state index contributed by atoms with van der Waals surface area (Å²) >= 11 is 0. The average Bonchev–Trinajstić information content (AvgIpc) is 2.92. The molecular formula is C22H20Cl2N6O8. The second-order valence-corrected chi connectivity index (χ2v) is 6.12. The fourth-order valence-electron chi connectivity index (χ4n) is 2.07. The van der Waals surface area contributed by atoms with Gasteiger partial charge in [0.2, 0.25) is 0 Å². The van der Waals surface area contributed by atoms with E-state index in [4.69, 9.17) is 0 Å². The minimum atomic E-state index is -0.674. The minimum Gasteiger partial charge on any atom is -0.265 e. The Kier molecular flexibility index (Phi) is 18.6. The summed E-state index contributed by atoms with van der Waals surface area (Å²) in [6, 6.07) is 20.6. The lowest BCUT2D eigenvalue weighted by atomic mass is 10.3. The van der Waals surface area contributed by atoms with Crippen molar-refractivity contribution in [3.63, 3.8) is 0 Å². The molecule has 0 atom stereocenters. The minimum absolute atomic E-state index is 0. The van der Waals surface area contributed by atoms with Gasteiger partial charge in [0.25, 0.3) is 22.7 Å². The topological polar surface area (TPSA) is 198 Å². The van der Waals surface area contributed by atoms with E-state index in [1.165, 1.54) is 36.4 Å². The summed E-state index contributed by atoms with van der Waals surface area (Å²) in [5.41, 5.74) is -1.10. The molecule has 0 fully saturated rings. The molecule has 4 aromatic rings. The first-order chi connectivity index (χ1) is 17.2. The van der Waals surface area contributed by atoms with Crippen LogP contribution in [-0.2, 0) is 0 Å². The summed E-state index contributed by atoms with van der Waals surface area (Å²) in [6.07, 6.45) is 7.00. The predicted octanol–water partition coefficient (Wildman–Crippen LogP) is 6.01. The van der Waals surface area contributed by atoms with E-state index in [-0.39, 0.29) is 47.6 Å². The lowest BCUT2D eigenvalue weighted by Crippen LogP contribution is -1.91. The molecule has 14 nitrogen and oxygen atoms in total. The van der Waals surface area contributed by atoms with Gasteiger partial charge in [-0.15, -0.1) is 24.8 Å². The molecule has 0 saturated carbocycles. The third-order valence-electron chi connectivity index (χ3n) is 3.64. The molecule has 0 bridgehead atoms. The number of halogens is 2. The van der Waals surface area contributed by atoms with Crippen LogP contribution in [0.1, 0.15) is 0 Å². The van der Waals surface area contributed by atoms with Crippen molar-refractivity contribution in [2.24, 2.45) is 0 Å². The van der Waals surface area contributed by atoms with Gasteiger partial charge in [-0.1, -0.05) is 12.1 Å². The number of non-ortho nitro benzene ring substituents is 4. The van der Waals surface area contributed by atoms with Crippen LogP contribution in [-0.4, -0.2) is 29.7 Å². The summed E-state index contributed by atoms with van der Waals surface area (Å²) in [4.78, 5) is 45.5. The molecule has 0 aliphatic carbocycles. The Hall–Kier alpha value is -5.08. The van der Waals surface area contributed by atoms with Crippen LogP contribution in [0.2, 0.25) is 0 Å². The highest BCUT2D eigenvalue weighted by molar-refractivity contribution is 5.85. The highest BCUT2D eigenvalue weighted by Gasteiger charge is 2.12. The highest BCUT2D eigenvalue weighted by Crippen LogP contribution is 2.19. The molecule has 0 aliphatic rings. The molecule has 0 N–H and O–H groups in total. The van der Waals surface area contributed by atoms with Gasteiger partial charge >= 0.3 is 0 Å². The molecule has 4 rings (SSSR count). The van der Waals surface area contributed by atoms with Crippen LogP contribution in [0.3, 0.4) is 0 Å². The maximum absolute atomic E-state index is 10.2. The number of pyridine rings is 2. The fraction of sp³-hybridized carbons (Fsp3) is 0. The Labute approximate surface area is 227 Å². The van der Waals surface area contributed by atoms with Crippen molar-refractivity contribution in [3.8, 4) is 0 Å². The van der Waals surface area contributed by atoms with Gasteiger partial charge in [-0.05, 0) is 36.4 Å². The van der Waals surface area contributed by atoms with Crippen LogP contribution in [0.5, 0.6) is 0 Å². The third-order valence-corrected chi connectivity index (χ3v) is 3.64. The first-order valence-electron chi connectivity index (χ1n) is 9.70. The molecule has 0 saturated heterocycles. The standard InChI is InChI=1S/2C6H4N2O4.2C5H5N.2ClH/c2*9-7(10)5-2-1-3-6(4-5)8(11)12;2*1-2-4-6-5-3-1;;/h2*1-4H;2*1-5H;2*1H. The SMILES string of the molecule is Cl.Cl.O=[N+]([O-])c1cccc([N+](=O)[O-])c1.O=[N+]([O-])c1cccc([N+](=O)[O-])c1.c1ccncc1.c1ccncc1. The Bertz CT molecular complexity index is 1060. The van der Waals surface area contributed by atoms with Gasteiger partial charge < -0.3 is 0 Å². The van der Waals surface area contributed by atoms with E-state index in [1.807, 2.05) is 36.4 Å². The zero-order valence-corrected chi connectivity index (χ0v) is 20.8. The van der Waals surface area contributed by atoms with Gasteiger partial charge in [-0.25, -0.2) is 0 Å². The molecule has 16 heteroatoms. The number of rotatable bonds is 4. The van der Waals surface area contributed by atoms with Crippen molar-refractivity contribution in [2.45, 2.75) is 0 Å². The molecule has 0 amide bonds. The molecule has 0 radical (unpaired) electrons. The lowest BCUT2D eigenvalue weighted by Gasteiger charge is -1.90. The van der Waals surface area contributed by atoms with E-state index in [1.54, 1.807) is 24.8 Å². The maximum atomic E-state index is 10.2. The van der Waals surface area contributed by atoms with E-state index in [2.05, 4.69) is 9.97 Å². The fourth-order valence-corrected chi connectivity index (χ4v) is 2.07. The van der Waals surface area contributed by atoms with Gasteiger partial charge in [-0.2, -0.15) is 0 Å². The number of hydrogen-bond acceptors (Lipinski definition) is 10. The highest BCUT2D eigenvalue weighted by atomic mass is 35.5. The Morgan fingerprint density at radius 2 is 0.658 bits per heavy atom. The maximum Gasteiger partial charge on any atom is 0.276 e. The molecule has 200 valence electrons. The van der Waals surface area contributed by atoms with E-state index in [0.29, 0.717) is 0 Å². The summed E-state index contributed by atoms with van der Waals surface area (Å²) in [7, 11) is 0. The van der Waals surface area contributed by atoms with Crippen molar-refractivity contribution in [1.82, 2.24) is 9.97 Å². The van der Waals surface area contributed by atoms with E-state index < -0.39 is 19.7 Å². The third kappa shape index (κ3) is 15.0. The molecule has 0 spiro atoms. The zero-order valence-electron chi connectivity index (χ0n) is 19.2. The van der Waals surface area contributed by atoms with Crippen LogP contribution in [0.15, 0.2) is 110 Å². The molecule has 2 heterocycles. The average molecular weight is 567 g/mol. The zero-order chi connectivity index (χ0) is 26.8. The van der Waals surface area contributed by atoms with Crippen molar-refractivity contribution in [3.05, 3.63) is 150 Å². The normalized spacial score (nSPS) is 8.42. The van der Waals surface area contributed by atoms with E-state index >= 15 is 0 Å². The molecule has 38 heavy (non-hydrogen) atoms. The van der Waals surface area contributed by atoms with Gasteiger partial charge in [-0.3, -0.25) is 50.4 Å². The number of nitro groups is 4. The number of nitrogens with zero attached hydrogens (tertiary/aromatic N) is 6. The van der Waals surface area contributed by atoms with Crippen LogP contribution < -0.4 is 0 Å². The summed E-state index contributed by atoms with van der Waals surface area (Å²) < 4.78 is 0. The number of nitro benzene ring substituents is 4. The van der Waals surface area contributed by atoms with Gasteiger partial charge in [0.1, 0.15) is 0 Å². The summed E-state index contributed by atoms with van der Waals surface area (Å²) in [6.45, 7) is 0. The Morgan fingerprint density at radius 3 is 0.789 bits per heavy atom. The summed E-state index contributed by atoms with van der Waals surface area (Å²) in [5.74, 6) is 0. The number of hydrogen-bond donors (Lipinski definition) is 0. The van der Waals surface area contributed by atoms with Crippen molar-refractivity contribution in [2.75, 3.05) is 0 Å². The molecular weight excluding hydrogens is 547 g/mol. The number of aromatic nitrogens is 2. The van der Waals surface area contributed by atoms with E-state index in [9.17, 15) is 40.5 Å². The quantitative estimate of drug-likeness (QED) is 0.208. The first kappa shape index (κ1) is 35.1. The Balaban J connectivity index is 0. The number of benzene rings is 2.